The third-order valence-electron chi connectivity index (χ3n) is 8.23. The molecule has 3 aromatic carbocycles. The summed E-state index contributed by atoms with van der Waals surface area (Å²) < 4.78 is 72.9. The van der Waals surface area contributed by atoms with E-state index in [1.807, 2.05) is 0 Å². The van der Waals surface area contributed by atoms with Gasteiger partial charge < -0.3 is 26.0 Å². The van der Waals surface area contributed by atoms with Crippen LogP contribution in [0.2, 0.25) is 0 Å². The molecule has 14 heteroatoms. The number of likely N-dealkylation sites (N-methyl/N-ethyl adjacent to an activating group) is 1. The SMILES string of the molecule is CN1Cc2cc(ccc2S(=O)(=O)C2CC2)NC(=O)CCc2cc(ccc2OCC(F)F)[C@@H](Nc2ccc3c(N)ncc(F)c3c2)C1=O. The third kappa shape index (κ3) is 6.82. The summed E-state index contributed by atoms with van der Waals surface area (Å²) in [6.07, 6.45) is -0.597. The van der Waals surface area contributed by atoms with Crippen LogP contribution in [-0.4, -0.2) is 55.4 Å². The van der Waals surface area contributed by atoms with E-state index in [1.54, 1.807) is 30.3 Å². The quantitative estimate of drug-likeness (QED) is 0.243. The first kappa shape index (κ1) is 32.1. The Balaban J connectivity index is 1.44. The number of nitrogens with two attached hydrogens (primary N) is 1. The molecule has 0 saturated heterocycles. The number of fused-ring (bicyclic) bond motifs is 5. The van der Waals surface area contributed by atoms with E-state index in [2.05, 4.69) is 15.6 Å². The van der Waals surface area contributed by atoms with Crippen LogP contribution in [0.1, 0.15) is 42.0 Å². The van der Waals surface area contributed by atoms with Gasteiger partial charge in [0.15, 0.2) is 9.84 Å². The average molecular weight is 668 g/mol. The van der Waals surface area contributed by atoms with Gasteiger partial charge in [0.1, 0.15) is 30.0 Å². The van der Waals surface area contributed by atoms with Gasteiger partial charge in [-0.15, -0.1) is 0 Å². The van der Waals surface area contributed by atoms with E-state index < -0.39 is 45.9 Å². The van der Waals surface area contributed by atoms with Crippen molar-refractivity contribution in [2.45, 2.75) is 54.8 Å². The van der Waals surface area contributed by atoms with Gasteiger partial charge in [-0.25, -0.2) is 26.6 Å². The monoisotopic (exact) mass is 667 g/mol. The Bertz CT molecular complexity index is 1990. The number of pyridine rings is 1. The molecule has 1 aliphatic heterocycles. The lowest BCUT2D eigenvalue weighted by atomic mass is 9.98. The summed E-state index contributed by atoms with van der Waals surface area (Å²) in [6.45, 7) is -0.972. The van der Waals surface area contributed by atoms with E-state index in [-0.39, 0.29) is 47.1 Å². The number of rotatable bonds is 7. The van der Waals surface area contributed by atoms with Crippen LogP contribution < -0.4 is 21.1 Å². The Morgan fingerprint density at radius 1 is 1.04 bits per heavy atom. The number of hydrogen-bond donors (Lipinski definition) is 3. The maximum absolute atomic E-state index is 14.7. The number of ether oxygens (including phenoxy) is 1. The molecule has 0 spiro atoms. The molecule has 4 bridgehead atoms. The summed E-state index contributed by atoms with van der Waals surface area (Å²) in [5.74, 6) is -1.19. The van der Waals surface area contributed by atoms with Gasteiger partial charge in [0, 0.05) is 42.2 Å². The van der Waals surface area contributed by atoms with Crippen LogP contribution in [0, 0.1) is 5.82 Å². The van der Waals surface area contributed by atoms with Crippen LogP contribution in [-0.2, 0) is 32.4 Å². The normalized spacial score (nSPS) is 17.4. The zero-order valence-electron chi connectivity index (χ0n) is 25.3. The molecule has 1 saturated carbocycles. The number of nitrogen functional groups attached to an aromatic ring is 1. The van der Waals surface area contributed by atoms with Crippen molar-refractivity contribution in [1.82, 2.24) is 9.88 Å². The molecule has 4 aromatic rings. The molecule has 1 aromatic heterocycles. The fourth-order valence-corrected chi connectivity index (χ4v) is 7.55. The Morgan fingerprint density at radius 2 is 1.83 bits per heavy atom. The highest BCUT2D eigenvalue weighted by Crippen LogP contribution is 2.37. The number of sulfone groups is 1. The van der Waals surface area contributed by atoms with Crippen molar-refractivity contribution in [2.24, 2.45) is 0 Å². The highest BCUT2D eigenvalue weighted by molar-refractivity contribution is 7.92. The number of aryl methyl sites for hydroxylation is 1. The maximum atomic E-state index is 14.7. The van der Waals surface area contributed by atoms with E-state index in [0.717, 1.165) is 6.20 Å². The van der Waals surface area contributed by atoms with Crippen molar-refractivity contribution in [3.05, 3.63) is 83.3 Å². The number of carbonyl (C=O) groups excluding carboxylic acids is 2. The van der Waals surface area contributed by atoms with Gasteiger partial charge in [-0.05, 0) is 84.5 Å². The van der Waals surface area contributed by atoms with E-state index in [4.69, 9.17) is 10.5 Å². The van der Waals surface area contributed by atoms with Crippen molar-refractivity contribution in [3.8, 4) is 5.75 Å². The lowest BCUT2D eigenvalue weighted by molar-refractivity contribution is -0.131. The number of amides is 2. The first-order valence-corrected chi connectivity index (χ1v) is 16.5. The highest BCUT2D eigenvalue weighted by atomic mass is 32.2. The van der Waals surface area contributed by atoms with Crippen LogP contribution >= 0.6 is 0 Å². The minimum Gasteiger partial charge on any atom is -0.487 e. The lowest BCUT2D eigenvalue weighted by Gasteiger charge is -2.28. The summed E-state index contributed by atoms with van der Waals surface area (Å²) in [5.41, 5.74) is 7.83. The maximum Gasteiger partial charge on any atom is 0.272 e. The van der Waals surface area contributed by atoms with Gasteiger partial charge in [-0.1, -0.05) is 6.07 Å². The molecule has 6 rings (SSSR count). The molecule has 1 aliphatic carbocycles. The van der Waals surface area contributed by atoms with Crippen LogP contribution in [0.15, 0.2) is 65.7 Å². The minimum absolute atomic E-state index is 0.0582. The second kappa shape index (κ2) is 12.7. The summed E-state index contributed by atoms with van der Waals surface area (Å²) >= 11 is 0. The van der Waals surface area contributed by atoms with Crippen molar-refractivity contribution < 1.29 is 35.9 Å². The summed E-state index contributed by atoms with van der Waals surface area (Å²) in [5, 5.41) is 6.01. The first-order valence-electron chi connectivity index (χ1n) is 15.0. The molecule has 2 aliphatic rings. The third-order valence-corrected chi connectivity index (χ3v) is 10.6. The molecule has 2 heterocycles. The Labute approximate surface area is 269 Å². The van der Waals surface area contributed by atoms with Gasteiger partial charge in [0.2, 0.25) is 11.8 Å². The molecule has 47 heavy (non-hydrogen) atoms. The summed E-state index contributed by atoms with van der Waals surface area (Å²) in [7, 11) is -2.14. The highest BCUT2D eigenvalue weighted by Gasteiger charge is 2.38. The molecule has 10 nitrogen and oxygen atoms in total. The van der Waals surface area contributed by atoms with Crippen LogP contribution in [0.5, 0.6) is 5.75 Å². The second-order valence-corrected chi connectivity index (χ2v) is 13.9. The predicted octanol–water partition coefficient (Wildman–Crippen LogP) is 5.23. The average Bonchev–Trinajstić information content (AvgIpc) is 3.90. The molecule has 1 atom stereocenters. The minimum atomic E-state index is -3.66. The number of nitrogens with zero attached hydrogens (tertiary/aromatic N) is 2. The first-order chi connectivity index (χ1) is 22.4. The van der Waals surface area contributed by atoms with Crippen LogP contribution in [0.3, 0.4) is 0 Å². The molecule has 0 unspecified atom stereocenters. The van der Waals surface area contributed by atoms with E-state index in [1.165, 1.54) is 36.2 Å². The van der Waals surface area contributed by atoms with Gasteiger partial charge in [-0.3, -0.25) is 9.59 Å². The van der Waals surface area contributed by atoms with Crippen molar-refractivity contribution >= 4 is 49.6 Å². The number of alkyl halides is 2. The van der Waals surface area contributed by atoms with Gasteiger partial charge >= 0.3 is 0 Å². The number of benzene rings is 3. The fourth-order valence-electron chi connectivity index (χ4n) is 5.68. The molecule has 1 fully saturated rings. The smallest absolute Gasteiger partial charge is 0.272 e. The number of carbonyl (C=O) groups is 2. The van der Waals surface area contributed by atoms with E-state index >= 15 is 0 Å². The molecule has 2 amide bonds. The van der Waals surface area contributed by atoms with Crippen LogP contribution in [0.4, 0.5) is 30.4 Å². The van der Waals surface area contributed by atoms with E-state index in [9.17, 15) is 31.2 Å². The fraction of sp³-hybridized carbons (Fsp3) is 0.303. The molecule has 0 radical (unpaired) electrons. The number of hydrogen-bond acceptors (Lipinski definition) is 8. The zero-order valence-corrected chi connectivity index (χ0v) is 26.1. The van der Waals surface area contributed by atoms with Crippen molar-refractivity contribution in [2.75, 3.05) is 30.0 Å². The van der Waals surface area contributed by atoms with Crippen molar-refractivity contribution in [3.63, 3.8) is 0 Å². The molecule has 4 N–H and O–H groups in total. The topological polar surface area (TPSA) is 144 Å². The number of nitrogens with one attached hydrogen (secondary N) is 2. The van der Waals surface area contributed by atoms with Crippen LogP contribution in [0.25, 0.3) is 10.8 Å². The largest absolute Gasteiger partial charge is 0.487 e. The van der Waals surface area contributed by atoms with E-state index in [0.29, 0.717) is 46.3 Å². The Morgan fingerprint density at radius 3 is 2.57 bits per heavy atom. The second-order valence-electron chi connectivity index (χ2n) is 11.7. The molecular formula is C33H32F3N5O5S. The molecule has 246 valence electrons. The Kier molecular flexibility index (Phi) is 8.70. The zero-order chi connectivity index (χ0) is 33.5. The number of anilines is 3. The molecular weight excluding hydrogens is 635 g/mol. The van der Waals surface area contributed by atoms with Gasteiger partial charge in [0.25, 0.3) is 6.43 Å². The summed E-state index contributed by atoms with van der Waals surface area (Å²) in [6, 6.07) is 12.7. The summed E-state index contributed by atoms with van der Waals surface area (Å²) in [4.78, 5) is 32.6. The number of halogens is 3. The van der Waals surface area contributed by atoms with Gasteiger partial charge in [0.05, 0.1) is 16.3 Å². The standard InChI is InChI=1S/C33H32F3N5O5S/c1-41-16-20-13-21(5-10-28(20)47(44,45)23-6-7-23)39-30(42)11-3-18-12-19(2-9-27(18)46-17-29(35)36)31(33(41)43)40-22-4-8-24-25(14-22)26(34)15-38-32(24)37/h2,4-5,8-10,12-15,23,29,31,40H,3,6-7,11,16-17H2,1H3,(H2,37,38)(H,39,42)/t31-/m1/s1. The number of aromatic nitrogens is 1. The Hall–Kier alpha value is -4.85. The van der Waals surface area contributed by atoms with Gasteiger partial charge in [-0.2, -0.15) is 0 Å². The van der Waals surface area contributed by atoms with Crippen molar-refractivity contribution in [1.29, 1.82) is 0 Å². The lowest BCUT2D eigenvalue weighted by Crippen LogP contribution is -2.35. The predicted molar refractivity (Wildman–Crippen MR) is 170 cm³/mol.